The first-order valence-electron chi connectivity index (χ1n) is 8.17. The maximum Gasteiger partial charge on any atom is 0.291 e. The van der Waals surface area contributed by atoms with Crippen molar-refractivity contribution in [3.8, 4) is 5.75 Å². The molecule has 7 heteroatoms. The van der Waals surface area contributed by atoms with Gasteiger partial charge in [0.15, 0.2) is 12.4 Å². The number of furan rings is 1. The molecular weight excluding hydrogens is 322 g/mol. The van der Waals surface area contributed by atoms with Crippen LogP contribution >= 0.6 is 0 Å². The van der Waals surface area contributed by atoms with Gasteiger partial charge < -0.3 is 24.7 Å². The lowest BCUT2D eigenvalue weighted by atomic mass is 10.2. The highest BCUT2D eigenvalue weighted by molar-refractivity contribution is 6.02. The zero-order valence-corrected chi connectivity index (χ0v) is 14.0. The van der Waals surface area contributed by atoms with Crippen LogP contribution in [-0.2, 0) is 4.79 Å². The second-order valence-electron chi connectivity index (χ2n) is 5.90. The van der Waals surface area contributed by atoms with Crippen molar-refractivity contribution in [2.45, 2.75) is 12.5 Å². The number of hydrogen-bond donors (Lipinski definition) is 2. The maximum atomic E-state index is 12.2. The molecule has 2 heterocycles. The molecule has 2 N–H and O–H groups in total. The Hall–Kier alpha value is -2.80. The van der Waals surface area contributed by atoms with Crippen LogP contribution in [0.4, 0.5) is 5.69 Å². The first-order valence-corrected chi connectivity index (χ1v) is 8.17. The second kappa shape index (κ2) is 7.85. The Morgan fingerprint density at radius 1 is 1.36 bits per heavy atom. The molecule has 1 atom stereocenters. The lowest BCUT2D eigenvalue weighted by molar-refractivity contribution is -0.133. The van der Waals surface area contributed by atoms with Gasteiger partial charge in [-0.25, -0.2) is 0 Å². The van der Waals surface area contributed by atoms with Gasteiger partial charge in [-0.05, 0) is 37.2 Å². The fourth-order valence-electron chi connectivity index (χ4n) is 2.68. The molecule has 0 saturated carbocycles. The van der Waals surface area contributed by atoms with Crippen LogP contribution in [0.15, 0.2) is 47.1 Å². The van der Waals surface area contributed by atoms with E-state index in [9.17, 15) is 9.59 Å². The summed E-state index contributed by atoms with van der Waals surface area (Å²) < 4.78 is 10.6. The number of nitrogens with one attached hydrogen (secondary N) is 2. The van der Waals surface area contributed by atoms with E-state index in [1.54, 1.807) is 48.3 Å². The number of hydrogen-bond acceptors (Lipinski definition) is 5. The van der Waals surface area contributed by atoms with E-state index in [-0.39, 0.29) is 30.2 Å². The smallest absolute Gasteiger partial charge is 0.291 e. The molecule has 0 radical (unpaired) electrons. The van der Waals surface area contributed by atoms with Crippen LogP contribution in [0, 0.1) is 0 Å². The van der Waals surface area contributed by atoms with Crippen LogP contribution in [0.3, 0.4) is 0 Å². The fourth-order valence-corrected chi connectivity index (χ4v) is 2.68. The van der Waals surface area contributed by atoms with Gasteiger partial charge in [0.1, 0.15) is 5.75 Å². The van der Waals surface area contributed by atoms with Crippen LogP contribution < -0.4 is 15.4 Å². The fraction of sp³-hybridized carbons (Fsp3) is 0.333. The van der Waals surface area contributed by atoms with E-state index in [1.807, 2.05) is 0 Å². The maximum absolute atomic E-state index is 12.2. The molecule has 25 heavy (non-hydrogen) atoms. The van der Waals surface area contributed by atoms with Gasteiger partial charge in [0.2, 0.25) is 0 Å². The molecule has 132 valence electrons. The van der Waals surface area contributed by atoms with Crippen LogP contribution in [-0.4, -0.2) is 49.5 Å². The molecule has 1 unspecified atom stereocenters. The third-order valence-electron chi connectivity index (χ3n) is 4.17. The second-order valence-corrected chi connectivity index (χ2v) is 5.90. The molecule has 0 aliphatic carbocycles. The van der Waals surface area contributed by atoms with Gasteiger partial charge in [-0.2, -0.15) is 0 Å². The van der Waals surface area contributed by atoms with Crippen molar-refractivity contribution < 1.29 is 18.7 Å². The van der Waals surface area contributed by atoms with Gasteiger partial charge in [-0.15, -0.1) is 0 Å². The molecule has 1 aromatic heterocycles. The minimum Gasteiger partial charge on any atom is -0.484 e. The third kappa shape index (κ3) is 4.39. The summed E-state index contributed by atoms with van der Waals surface area (Å²) in [5, 5.41) is 5.96. The Labute approximate surface area is 145 Å². The number of amides is 2. The Bertz CT molecular complexity index is 724. The number of anilines is 1. The Kier molecular flexibility index (Phi) is 5.35. The van der Waals surface area contributed by atoms with Crippen molar-refractivity contribution in [2.24, 2.45) is 0 Å². The van der Waals surface area contributed by atoms with Crippen molar-refractivity contribution in [2.75, 3.05) is 32.1 Å². The summed E-state index contributed by atoms with van der Waals surface area (Å²) >= 11 is 0. The van der Waals surface area contributed by atoms with Gasteiger partial charge in [0.05, 0.1) is 6.26 Å². The summed E-state index contributed by atoms with van der Waals surface area (Å²) in [6.07, 6.45) is 2.40. The van der Waals surface area contributed by atoms with E-state index >= 15 is 0 Å². The molecular formula is C18H21N3O4. The van der Waals surface area contributed by atoms with E-state index in [2.05, 4.69) is 10.6 Å². The Morgan fingerprint density at radius 3 is 2.96 bits per heavy atom. The zero-order valence-electron chi connectivity index (χ0n) is 14.0. The molecule has 3 rings (SSSR count). The minimum absolute atomic E-state index is 0.0391. The van der Waals surface area contributed by atoms with Gasteiger partial charge >= 0.3 is 0 Å². The van der Waals surface area contributed by atoms with Crippen LogP contribution in [0.1, 0.15) is 17.0 Å². The molecule has 1 aliphatic heterocycles. The summed E-state index contributed by atoms with van der Waals surface area (Å²) in [5.41, 5.74) is 0.569. The Morgan fingerprint density at radius 2 is 2.24 bits per heavy atom. The number of rotatable bonds is 6. The first-order chi connectivity index (χ1) is 12.1. The highest BCUT2D eigenvalue weighted by atomic mass is 16.5. The standard InChI is InChI=1S/C18H21N3O4/c1-21(14-7-8-19-11-14)17(22)12-25-15-5-2-4-13(10-15)20-18(23)16-6-3-9-24-16/h2-6,9-10,14,19H,7-8,11-12H2,1H3,(H,20,23). The van der Waals surface area contributed by atoms with Crippen molar-refractivity contribution in [1.29, 1.82) is 0 Å². The number of carbonyl (C=O) groups excluding carboxylic acids is 2. The van der Waals surface area contributed by atoms with E-state index < -0.39 is 0 Å². The van der Waals surface area contributed by atoms with E-state index in [0.29, 0.717) is 11.4 Å². The molecule has 1 fully saturated rings. The van der Waals surface area contributed by atoms with Crippen LogP contribution in [0.5, 0.6) is 5.75 Å². The normalized spacial score (nSPS) is 16.4. The first kappa shape index (κ1) is 17.0. The van der Waals surface area contributed by atoms with Crippen molar-refractivity contribution in [3.63, 3.8) is 0 Å². The lowest BCUT2D eigenvalue weighted by Crippen LogP contribution is -2.40. The number of benzene rings is 1. The number of nitrogens with zero attached hydrogens (tertiary/aromatic N) is 1. The van der Waals surface area contributed by atoms with Gasteiger partial charge in [-0.1, -0.05) is 6.07 Å². The van der Waals surface area contributed by atoms with Crippen LogP contribution in [0.25, 0.3) is 0 Å². The van der Waals surface area contributed by atoms with E-state index in [4.69, 9.17) is 9.15 Å². The van der Waals surface area contributed by atoms with Crippen molar-refractivity contribution in [1.82, 2.24) is 10.2 Å². The zero-order chi connectivity index (χ0) is 17.6. The summed E-state index contributed by atoms with van der Waals surface area (Å²) in [6.45, 7) is 1.71. The van der Waals surface area contributed by atoms with E-state index in [0.717, 1.165) is 19.5 Å². The molecule has 1 aromatic carbocycles. The van der Waals surface area contributed by atoms with E-state index in [1.165, 1.54) is 6.26 Å². The quantitative estimate of drug-likeness (QED) is 0.834. The summed E-state index contributed by atoms with van der Waals surface area (Å²) in [5.74, 6) is 0.335. The molecule has 1 saturated heterocycles. The van der Waals surface area contributed by atoms with Crippen molar-refractivity contribution in [3.05, 3.63) is 48.4 Å². The monoisotopic (exact) mass is 343 g/mol. The summed E-state index contributed by atoms with van der Waals surface area (Å²) in [7, 11) is 1.80. The summed E-state index contributed by atoms with van der Waals surface area (Å²) in [6, 6.07) is 10.4. The number of likely N-dealkylation sites (N-methyl/N-ethyl adjacent to an activating group) is 1. The third-order valence-corrected chi connectivity index (χ3v) is 4.17. The summed E-state index contributed by atoms with van der Waals surface area (Å²) in [4.78, 5) is 25.9. The largest absolute Gasteiger partial charge is 0.484 e. The molecule has 0 spiro atoms. The average Bonchev–Trinajstić information content (AvgIpc) is 3.32. The minimum atomic E-state index is -0.341. The SMILES string of the molecule is CN(C(=O)COc1cccc(NC(=O)c2ccco2)c1)C1CCNC1. The van der Waals surface area contributed by atoms with Crippen molar-refractivity contribution >= 4 is 17.5 Å². The molecule has 2 aromatic rings. The number of ether oxygens (including phenoxy) is 1. The van der Waals surface area contributed by atoms with Crippen LogP contribution in [0.2, 0.25) is 0 Å². The lowest BCUT2D eigenvalue weighted by Gasteiger charge is -2.23. The van der Waals surface area contributed by atoms with Gasteiger partial charge in [-0.3, -0.25) is 9.59 Å². The predicted molar refractivity (Wildman–Crippen MR) is 92.6 cm³/mol. The highest BCUT2D eigenvalue weighted by Gasteiger charge is 2.23. The van der Waals surface area contributed by atoms with Gasteiger partial charge in [0, 0.05) is 31.4 Å². The Balaban J connectivity index is 1.54. The molecule has 1 aliphatic rings. The molecule has 7 nitrogen and oxygen atoms in total. The predicted octanol–water partition coefficient (Wildman–Crippen LogP) is 1.73. The number of carbonyl (C=O) groups is 2. The highest BCUT2D eigenvalue weighted by Crippen LogP contribution is 2.18. The molecule has 0 bridgehead atoms. The average molecular weight is 343 g/mol. The topological polar surface area (TPSA) is 83.8 Å². The molecule has 2 amide bonds. The van der Waals surface area contributed by atoms with Gasteiger partial charge in [0.25, 0.3) is 11.8 Å².